The van der Waals surface area contributed by atoms with Crippen molar-refractivity contribution in [1.29, 1.82) is 0 Å². The van der Waals surface area contributed by atoms with Crippen LogP contribution in [0.4, 0.5) is 22.0 Å². The lowest BCUT2D eigenvalue weighted by molar-refractivity contribution is -0.275. The third-order valence-electron chi connectivity index (χ3n) is 6.53. The quantitative estimate of drug-likeness (QED) is 0.505. The Bertz CT molecular complexity index is 1390. The Hall–Kier alpha value is -3.54. The van der Waals surface area contributed by atoms with Gasteiger partial charge in [-0.1, -0.05) is 13.0 Å². The first-order valence-electron chi connectivity index (χ1n) is 10.3. The maximum absolute atomic E-state index is 14.5. The number of rotatable bonds is 4. The molecule has 4 atom stereocenters. The summed E-state index contributed by atoms with van der Waals surface area (Å²) in [6.07, 6.45) is -6.30. The normalized spacial score (nSPS) is 24.6. The van der Waals surface area contributed by atoms with Crippen LogP contribution in [0.15, 0.2) is 35.1 Å². The summed E-state index contributed by atoms with van der Waals surface area (Å²) in [6.45, 7) is 2.11. The minimum Gasteiger partial charge on any atom is -0.493 e. The highest BCUT2D eigenvalue weighted by Crippen LogP contribution is 2.59. The van der Waals surface area contributed by atoms with Gasteiger partial charge in [-0.05, 0) is 25.1 Å². The Morgan fingerprint density at radius 1 is 1.23 bits per heavy atom. The molecular formula is C23H19F5N2O5. The zero-order chi connectivity index (χ0) is 25.9. The number of methoxy groups -OCH3 is 1. The molecule has 3 aromatic rings. The summed E-state index contributed by atoms with van der Waals surface area (Å²) in [6, 6.07) is 5.24. The number of carbonyl (C=O) groups is 1. The predicted octanol–water partition coefficient (Wildman–Crippen LogP) is 4.72. The van der Waals surface area contributed by atoms with E-state index < -0.39 is 64.2 Å². The van der Waals surface area contributed by atoms with E-state index in [4.69, 9.17) is 14.6 Å². The number of H-pyrrole nitrogens is 1. The number of aromatic amines is 1. The first-order valence-corrected chi connectivity index (χ1v) is 10.3. The number of hydrogen-bond acceptors (Lipinski definition) is 5. The smallest absolute Gasteiger partial charge is 0.417 e. The van der Waals surface area contributed by atoms with Gasteiger partial charge in [-0.15, -0.1) is 0 Å². The molecule has 0 aliphatic carbocycles. The van der Waals surface area contributed by atoms with Crippen LogP contribution < -0.4 is 10.2 Å². The van der Waals surface area contributed by atoms with Gasteiger partial charge in [-0.25, -0.2) is 14.2 Å². The number of alkyl halides is 3. The molecule has 4 rings (SSSR count). The van der Waals surface area contributed by atoms with E-state index in [9.17, 15) is 31.5 Å². The molecule has 1 aliphatic rings. The summed E-state index contributed by atoms with van der Waals surface area (Å²) in [5.74, 6) is -7.09. The molecule has 1 aliphatic heterocycles. The number of ether oxygens (including phenoxy) is 2. The van der Waals surface area contributed by atoms with Crippen LogP contribution >= 0.6 is 0 Å². The highest BCUT2D eigenvalue weighted by molar-refractivity contribution is 5.88. The Labute approximate surface area is 194 Å². The molecule has 2 N–H and O–H groups in total. The van der Waals surface area contributed by atoms with Crippen molar-refractivity contribution in [3.05, 3.63) is 69.1 Å². The lowest BCUT2D eigenvalue weighted by atomic mass is 9.76. The van der Waals surface area contributed by atoms with Crippen molar-refractivity contribution in [2.45, 2.75) is 37.6 Å². The third kappa shape index (κ3) is 3.81. The monoisotopic (exact) mass is 498 g/mol. The summed E-state index contributed by atoms with van der Waals surface area (Å²) in [5.41, 5.74) is -4.19. The first-order chi connectivity index (χ1) is 16.3. The van der Waals surface area contributed by atoms with Gasteiger partial charge in [0.05, 0.1) is 12.6 Å². The van der Waals surface area contributed by atoms with Gasteiger partial charge >= 0.3 is 12.1 Å². The van der Waals surface area contributed by atoms with Crippen molar-refractivity contribution in [2.75, 3.05) is 7.11 Å². The highest BCUT2D eigenvalue weighted by Gasteiger charge is 2.65. The molecule has 1 fully saturated rings. The van der Waals surface area contributed by atoms with Crippen LogP contribution in [-0.2, 0) is 4.74 Å². The van der Waals surface area contributed by atoms with Crippen molar-refractivity contribution >= 4 is 17.0 Å². The first kappa shape index (κ1) is 24.6. The molecule has 1 saturated heterocycles. The molecule has 0 spiro atoms. The highest BCUT2D eigenvalue weighted by atomic mass is 19.4. The summed E-state index contributed by atoms with van der Waals surface area (Å²) in [5, 5.41) is 9.11. The average Bonchev–Trinajstić information content (AvgIpc) is 3.07. The number of fused-ring (bicyclic) bond motifs is 1. The number of halogens is 5. The molecule has 7 nitrogen and oxygen atoms in total. The van der Waals surface area contributed by atoms with Gasteiger partial charge in [0.1, 0.15) is 17.3 Å². The number of pyridine rings is 2. The van der Waals surface area contributed by atoms with Crippen molar-refractivity contribution in [3.8, 4) is 5.75 Å². The molecule has 0 bridgehead atoms. The maximum Gasteiger partial charge on any atom is 0.417 e. The van der Waals surface area contributed by atoms with Gasteiger partial charge in [0.15, 0.2) is 17.2 Å². The van der Waals surface area contributed by atoms with Crippen LogP contribution in [0.3, 0.4) is 0 Å². The van der Waals surface area contributed by atoms with Gasteiger partial charge in [-0.2, -0.15) is 17.6 Å². The molecule has 0 saturated carbocycles. The molecular weight excluding hydrogens is 479 g/mol. The molecule has 12 heteroatoms. The summed E-state index contributed by atoms with van der Waals surface area (Å²) >= 11 is 0. The number of benzene rings is 1. The molecule has 0 radical (unpaired) electrons. The fraction of sp³-hybridized carbons (Fsp3) is 0.348. The number of nitrogens with one attached hydrogen (secondary N) is 1. The third-order valence-corrected chi connectivity index (χ3v) is 6.53. The molecule has 1 aromatic carbocycles. The number of carboxylic acids is 1. The van der Waals surface area contributed by atoms with E-state index in [1.165, 1.54) is 13.0 Å². The van der Waals surface area contributed by atoms with E-state index in [0.29, 0.717) is 0 Å². The van der Waals surface area contributed by atoms with Gasteiger partial charge in [0, 0.05) is 29.2 Å². The minimum atomic E-state index is -4.85. The molecule has 3 heterocycles. The van der Waals surface area contributed by atoms with Crippen LogP contribution in [0.5, 0.6) is 5.75 Å². The number of carboxylic acid groups (broad SMARTS) is 1. The summed E-state index contributed by atoms with van der Waals surface area (Å²) < 4.78 is 81.2. The topological polar surface area (TPSA) is 102 Å². The Morgan fingerprint density at radius 2 is 1.91 bits per heavy atom. The maximum atomic E-state index is 14.5. The lowest BCUT2D eigenvalue weighted by Crippen LogP contribution is -2.46. The number of aromatic nitrogens is 2. The van der Waals surface area contributed by atoms with E-state index in [1.54, 1.807) is 0 Å². The van der Waals surface area contributed by atoms with Gasteiger partial charge in [0.2, 0.25) is 11.2 Å². The number of nitrogens with zero attached hydrogens (tertiary/aromatic N) is 1. The second kappa shape index (κ2) is 8.29. The van der Waals surface area contributed by atoms with Gasteiger partial charge in [-0.3, -0.25) is 4.79 Å². The summed E-state index contributed by atoms with van der Waals surface area (Å²) in [7, 11) is 1.06. The SMILES string of the molecule is COc1c([C@H]2[C@H](c3cc(=O)c4nc(C(=O)O)ccc4[nH]3)O[C@@](C)(C(F)(F)F)[C@H]2C)ccc(F)c1F. The molecule has 0 amide bonds. The fourth-order valence-corrected chi connectivity index (χ4v) is 4.50. The zero-order valence-electron chi connectivity index (χ0n) is 18.5. The van der Waals surface area contributed by atoms with Crippen LogP contribution in [0.2, 0.25) is 0 Å². The van der Waals surface area contributed by atoms with Gasteiger partial charge in [0.25, 0.3) is 0 Å². The predicted molar refractivity (Wildman–Crippen MR) is 112 cm³/mol. The van der Waals surface area contributed by atoms with Crippen LogP contribution in [-0.4, -0.2) is 39.9 Å². The fourth-order valence-electron chi connectivity index (χ4n) is 4.50. The van der Waals surface area contributed by atoms with Crippen LogP contribution in [0, 0.1) is 17.6 Å². The molecule has 2 aromatic heterocycles. The van der Waals surface area contributed by atoms with Gasteiger partial charge < -0.3 is 19.6 Å². The average molecular weight is 498 g/mol. The molecule has 35 heavy (non-hydrogen) atoms. The van der Waals surface area contributed by atoms with Crippen LogP contribution in [0.25, 0.3) is 11.0 Å². The number of hydrogen-bond donors (Lipinski definition) is 2. The van der Waals surface area contributed by atoms with E-state index >= 15 is 0 Å². The van der Waals surface area contributed by atoms with Crippen molar-refractivity contribution in [3.63, 3.8) is 0 Å². The Kier molecular flexibility index (Phi) is 5.82. The van der Waals surface area contributed by atoms with E-state index in [0.717, 1.165) is 38.3 Å². The number of aromatic carboxylic acids is 1. The zero-order valence-corrected chi connectivity index (χ0v) is 18.5. The standard InChI is InChI=1S/C23H19F5N2O5/c1-9-16(10-4-5-11(24)17(25)19(10)34-3)20(35-22(9,2)23(26,27)28)14-8-15(31)18-12(29-14)6-7-13(30-18)21(32)33/h4-9,16,20H,1-3H3,(H,29,31)(H,32,33)/t9-,16-,20-,22+/m0/s1. The lowest BCUT2D eigenvalue weighted by Gasteiger charge is -2.32. The minimum absolute atomic E-state index is 0.0605. The van der Waals surface area contributed by atoms with E-state index in [1.807, 2.05) is 0 Å². The van der Waals surface area contributed by atoms with Crippen LogP contribution in [0.1, 0.15) is 47.6 Å². The van der Waals surface area contributed by atoms with Crippen molar-refractivity contribution in [1.82, 2.24) is 9.97 Å². The Balaban J connectivity index is 1.94. The molecule has 186 valence electrons. The van der Waals surface area contributed by atoms with Crippen molar-refractivity contribution < 1.29 is 41.3 Å². The largest absolute Gasteiger partial charge is 0.493 e. The van der Waals surface area contributed by atoms with Crippen molar-refractivity contribution in [2.24, 2.45) is 5.92 Å². The summed E-state index contributed by atoms with van der Waals surface area (Å²) in [4.78, 5) is 30.5. The second-order valence-electron chi connectivity index (χ2n) is 8.43. The van der Waals surface area contributed by atoms with E-state index in [2.05, 4.69) is 9.97 Å². The molecule has 0 unspecified atom stereocenters. The Morgan fingerprint density at radius 3 is 2.51 bits per heavy atom. The second-order valence-corrected chi connectivity index (χ2v) is 8.43. The van der Waals surface area contributed by atoms with E-state index in [-0.39, 0.29) is 22.3 Å².